The monoisotopic (exact) mass is 227 g/mol. The van der Waals surface area contributed by atoms with Crippen LogP contribution in [0.15, 0.2) is 12.3 Å². The molecule has 0 aromatic carbocycles. The highest BCUT2D eigenvalue weighted by molar-refractivity contribution is 5.84. The first-order valence-corrected chi connectivity index (χ1v) is 5.02. The third-order valence-electron chi connectivity index (χ3n) is 2.40. The lowest BCUT2D eigenvalue weighted by Gasteiger charge is -2.23. The number of amides is 1. The second-order valence-corrected chi connectivity index (χ2v) is 3.61. The first-order chi connectivity index (χ1) is 7.66. The summed E-state index contributed by atoms with van der Waals surface area (Å²) < 4.78 is 25.8. The van der Waals surface area contributed by atoms with Gasteiger partial charge in [0.2, 0.25) is 5.91 Å². The highest BCUT2D eigenvalue weighted by Crippen LogP contribution is 2.15. The minimum absolute atomic E-state index is 0.0940. The van der Waals surface area contributed by atoms with Crippen LogP contribution in [0.5, 0.6) is 0 Å². The van der Waals surface area contributed by atoms with Gasteiger partial charge in [-0.05, 0) is 12.8 Å². The van der Waals surface area contributed by atoms with Gasteiger partial charge >= 0.3 is 0 Å². The van der Waals surface area contributed by atoms with Gasteiger partial charge in [0.1, 0.15) is 11.9 Å². The van der Waals surface area contributed by atoms with Crippen LogP contribution in [0.25, 0.3) is 0 Å². The molecular formula is C10H11F2N3O. The molecule has 1 aliphatic rings. The number of pyridine rings is 1. The van der Waals surface area contributed by atoms with Crippen LogP contribution in [0.1, 0.15) is 12.8 Å². The summed E-state index contributed by atoms with van der Waals surface area (Å²) in [5.74, 6) is -1.81. The number of nitrogens with one attached hydrogen (secondary N) is 2. The summed E-state index contributed by atoms with van der Waals surface area (Å²) >= 11 is 0. The van der Waals surface area contributed by atoms with E-state index in [0.717, 1.165) is 18.7 Å². The van der Waals surface area contributed by atoms with Crippen LogP contribution in [0.3, 0.4) is 0 Å². The van der Waals surface area contributed by atoms with E-state index in [9.17, 15) is 13.6 Å². The average molecular weight is 227 g/mol. The van der Waals surface area contributed by atoms with Crippen LogP contribution >= 0.6 is 0 Å². The fourth-order valence-electron chi connectivity index (χ4n) is 1.60. The number of hydrogen-bond acceptors (Lipinski definition) is 3. The molecule has 16 heavy (non-hydrogen) atoms. The van der Waals surface area contributed by atoms with Crippen LogP contribution in [-0.4, -0.2) is 23.5 Å². The molecular weight excluding hydrogens is 216 g/mol. The summed E-state index contributed by atoms with van der Waals surface area (Å²) in [6.45, 7) is 0.635. The summed E-state index contributed by atoms with van der Waals surface area (Å²) in [5.41, 5.74) is 0. The van der Waals surface area contributed by atoms with E-state index < -0.39 is 17.7 Å². The number of aromatic nitrogens is 1. The van der Waals surface area contributed by atoms with E-state index in [0.29, 0.717) is 13.0 Å². The Morgan fingerprint density at radius 2 is 2.31 bits per heavy atom. The van der Waals surface area contributed by atoms with Gasteiger partial charge in [-0.15, -0.1) is 0 Å². The van der Waals surface area contributed by atoms with Gasteiger partial charge in [-0.25, -0.2) is 13.8 Å². The van der Waals surface area contributed by atoms with Gasteiger partial charge in [0.15, 0.2) is 11.6 Å². The summed E-state index contributed by atoms with van der Waals surface area (Å²) in [7, 11) is 0. The summed E-state index contributed by atoms with van der Waals surface area (Å²) in [4.78, 5) is 14.9. The summed E-state index contributed by atoms with van der Waals surface area (Å²) in [6.07, 6.45) is 2.35. The molecule has 1 aliphatic heterocycles. The Bertz CT molecular complexity index is 411. The molecule has 0 bridgehead atoms. The molecule has 6 heteroatoms. The molecule has 1 atom stereocenters. The number of piperidine rings is 1. The highest BCUT2D eigenvalue weighted by Gasteiger charge is 2.23. The van der Waals surface area contributed by atoms with Crippen molar-refractivity contribution in [3.05, 3.63) is 23.9 Å². The second-order valence-electron chi connectivity index (χ2n) is 3.61. The van der Waals surface area contributed by atoms with Crippen molar-refractivity contribution in [2.24, 2.45) is 0 Å². The van der Waals surface area contributed by atoms with E-state index in [1.165, 1.54) is 0 Å². The molecule has 1 aromatic heterocycles. The van der Waals surface area contributed by atoms with E-state index in [1.807, 2.05) is 0 Å². The molecule has 1 aromatic rings. The van der Waals surface area contributed by atoms with Crippen molar-refractivity contribution in [3.63, 3.8) is 0 Å². The molecule has 1 unspecified atom stereocenters. The van der Waals surface area contributed by atoms with Gasteiger partial charge in [0.25, 0.3) is 0 Å². The van der Waals surface area contributed by atoms with E-state index in [4.69, 9.17) is 0 Å². The van der Waals surface area contributed by atoms with Crippen molar-refractivity contribution in [3.8, 4) is 0 Å². The number of rotatable bonds is 2. The lowest BCUT2D eigenvalue weighted by atomic mass is 10.1. The first kappa shape index (κ1) is 10.8. The summed E-state index contributed by atoms with van der Waals surface area (Å²) in [6, 6.07) is 0.233. The van der Waals surface area contributed by atoms with Gasteiger partial charge in [-0.2, -0.15) is 0 Å². The molecule has 1 amide bonds. The lowest BCUT2D eigenvalue weighted by molar-refractivity contribution is -0.123. The largest absolute Gasteiger partial charge is 0.356 e. The average Bonchev–Trinajstić information content (AvgIpc) is 2.25. The van der Waals surface area contributed by atoms with Gasteiger partial charge < -0.3 is 10.6 Å². The quantitative estimate of drug-likeness (QED) is 0.794. The van der Waals surface area contributed by atoms with Crippen molar-refractivity contribution in [1.29, 1.82) is 0 Å². The highest BCUT2D eigenvalue weighted by atomic mass is 19.1. The zero-order valence-electron chi connectivity index (χ0n) is 8.46. The minimum atomic E-state index is -0.793. The minimum Gasteiger partial charge on any atom is -0.356 e. The van der Waals surface area contributed by atoms with Crippen LogP contribution in [-0.2, 0) is 4.79 Å². The summed E-state index contributed by atoms with van der Waals surface area (Å²) in [5, 5.41) is 5.32. The van der Waals surface area contributed by atoms with Crippen LogP contribution in [0.4, 0.5) is 14.6 Å². The Labute approximate surface area is 91.1 Å². The molecule has 2 rings (SSSR count). The second kappa shape index (κ2) is 4.42. The molecule has 0 spiro atoms. The van der Waals surface area contributed by atoms with Gasteiger partial charge in [-0.1, -0.05) is 0 Å². The SMILES string of the molecule is O=C1NCCCC1Nc1ncc(F)cc1F. The van der Waals surface area contributed by atoms with Crippen molar-refractivity contribution in [1.82, 2.24) is 10.3 Å². The smallest absolute Gasteiger partial charge is 0.242 e. The Morgan fingerprint density at radius 3 is 3.00 bits per heavy atom. The Morgan fingerprint density at radius 1 is 1.50 bits per heavy atom. The number of nitrogens with zero attached hydrogens (tertiary/aromatic N) is 1. The number of carbonyl (C=O) groups excluding carboxylic acids is 1. The maximum absolute atomic E-state index is 13.2. The fraction of sp³-hybridized carbons (Fsp3) is 0.400. The molecule has 4 nitrogen and oxygen atoms in total. The molecule has 2 heterocycles. The van der Waals surface area contributed by atoms with Crippen molar-refractivity contribution < 1.29 is 13.6 Å². The Balaban J connectivity index is 2.10. The molecule has 2 N–H and O–H groups in total. The van der Waals surface area contributed by atoms with Gasteiger partial charge in [-0.3, -0.25) is 4.79 Å². The van der Waals surface area contributed by atoms with Crippen LogP contribution < -0.4 is 10.6 Å². The van der Waals surface area contributed by atoms with Gasteiger partial charge in [0, 0.05) is 12.6 Å². The number of carbonyl (C=O) groups is 1. The standard InChI is InChI=1S/C10H11F2N3O/c11-6-4-7(12)9(14-5-6)15-8-2-1-3-13-10(8)16/h4-5,8H,1-3H2,(H,13,16)(H,14,15). The molecule has 0 radical (unpaired) electrons. The molecule has 86 valence electrons. The topological polar surface area (TPSA) is 54.0 Å². The maximum atomic E-state index is 13.2. The van der Waals surface area contributed by atoms with Gasteiger partial charge in [0.05, 0.1) is 6.20 Å². The third-order valence-corrected chi connectivity index (χ3v) is 2.40. The molecule has 0 saturated carbocycles. The Hall–Kier alpha value is -1.72. The zero-order valence-corrected chi connectivity index (χ0v) is 8.46. The third kappa shape index (κ3) is 2.26. The molecule has 1 fully saturated rings. The maximum Gasteiger partial charge on any atom is 0.242 e. The number of anilines is 1. The van der Waals surface area contributed by atoms with Crippen LogP contribution in [0.2, 0.25) is 0 Å². The van der Waals surface area contributed by atoms with E-state index >= 15 is 0 Å². The van der Waals surface area contributed by atoms with Crippen molar-refractivity contribution >= 4 is 11.7 Å². The Kier molecular flexibility index (Phi) is 2.98. The van der Waals surface area contributed by atoms with E-state index in [-0.39, 0.29) is 11.7 Å². The fourth-order valence-corrected chi connectivity index (χ4v) is 1.60. The molecule has 0 aliphatic carbocycles. The molecule has 1 saturated heterocycles. The van der Waals surface area contributed by atoms with E-state index in [2.05, 4.69) is 15.6 Å². The normalized spacial score (nSPS) is 20.4. The predicted molar refractivity (Wildman–Crippen MR) is 53.8 cm³/mol. The van der Waals surface area contributed by atoms with Crippen LogP contribution in [0, 0.1) is 11.6 Å². The zero-order chi connectivity index (χ0) is 11.5. The van der Waals surface area contributed by atoms with Crippen molar-refractivity contribution in [2.75, 3.05) is 11.9 Å². The number of hydrogen-bond donors (Lipinski definition) is 2. The first-order valence-electron chi connectivity index (χ1n) is 5.02. The predicted octanol–water partition coefficient (Wildman–Crippen LogP) is 1.05. The van der Waals surface area contributed by atoms with E-state index in [1.54, 1.807) is 0 Å². The number of halogens is 2. The lowest BCUT2D eigenvalue weighted by Crippen LogP contribution is -2.44. The van der Waals surface area contributed by atoms with Crippen molar-refractivity contribution in [2.45, 2.75) is 18.9 Å².